The molecule has 0 amide bonds. The lowest BCUT2D eigenvalue weighted by molar-refractivity contribution is 0.421. The van der Waals surface area contributed by atoms with E-state index in [1.54, 1.807) is 0 Å². The van der Waals surface area contributed by atoms with Crippen molar-refractivity contribution in [2.75, 3.05) is 19.6 Å². The van der Waals surface area contributed by atoms with Crippen molar-refractivity contribution in [2.45, 2.75) is 18.2 Å². The molecule has 2 aromatic carbocycles. The fourth-order valence-corrected chi connectivity index (χ4v) is 4.09. The van der Waals surface area contributed by atoms with Crippen molar-refractivity contribution < 1.29 is 12.8 Å². The van der Waals surface area contributed by atoms with Crippen LogP contribution in [0.15, 0.2) is 53.4 Å². The highest BCUT2D eigenvalue weighted by Crippen LogP contribution is 2.22. The third kappa shape index (κ3) is 4.77. The maximum atomic E-state index is 13.7. The average molecular weight is 373 g/mol. The molecule has 0 saturated carbocycles. The van der Waals surface area contributed by atoms with Gasteiger partial charge in [0.2, 0.25) is 10.0 Å². The Morgan fingerprint density at radius 2 is 1.71 bits per heavy atom. The van der Waals surface area contributed by atoms with E-state index >= 15 is 0 Å². The Balaban J connectivity index is 0.00000288. The quantitative estimate of drug-likeness (QED) is 0.812. The zero-order valence-electron chi connectivity index (χ0n) is 13.5. The highest BCUT2D eigenvalue weighted by atomic mass is 35.5. The fraction of sp³-hybridized carbons (Fsp3) is 0.294. The van der Waals surface area contributed by atoms with Gasteiger partial charge in [0.1, 0.15) is 5.82 Å². The number of hydrogen-bond donors (Lipinski definition) is 1. The van der Waals surface area contributed by atoms with Crippen molar-refractivity contribution in [1.82, 2.24) is 4.31 Å². The van der Waals surface area contributed by atoms with E-state index in [0.29, 0.717) is 13.0 Å². The molecule has 0 bridgehead atoms. The molecule has 2 N–H and O–H groups in total. The van der Waals surface area contributed by atoms with Crippen molar-refractivity contribution >= 4 is 22.4 Å². The second kappa shape index (κ2) is 9.13. The topological polar surface area (TPSA) is 63.4 Å². The summed E-state index contributed by atoms with van der Waals surface area (Å²) in [5, 5.41) is 0. The van der Waals surface area contributed by atoms with Gasteiger partial charge in [-0.2, -0.15) is 4.31 Å². The average Bonchev–Trinajstić information content (AvgIpc) is 2.54. The Hall–Kier alpha value is -1.47. The van der Waals surface area contributed by atoms with Crippen LogP contribution in [-0.4, -0.2) is 32.4 Å². The minimum atomic E-state index is -3.77. The monoisotopic (exact) mass is 372 g/mol. The number of halogens is 2. The van der Waals surface area contributed by atoms with Gasteiger partial charge in [-0.1, -0.05) is 36.4 Å². The van der Waals surface area contributed by atoms with Gasteiger partial charge in [-0.3, -0.25) is 0 Å². The summed E-state index contributed by atoms with van der Waals surface area (Å²) in [7, 11) is -3.77. The molecule has 2 rings (SSSR count). The fourth-order valence-electron chi connectivity index (χ4n) is 2.40. The van der Waals surface area contributed by atoms with Crippen LogP contribution >= 0.6 is 12.4 Å². The predicted molar refractivity (Wildman–Crippen MR) is 96.3 cm³/mol. The molecule has 0 unspecified atom stereocenters. The van der Waals surface area contributed by atoms with E-state index in [-0.39, 0.29) is 36.0 Å². The highest BCUT2D eigenvalue weighted by Gasteiger charge is 2.26. The number of rotatable bonds is 7. The molecule has 0 aliphatic carbocycles. The van der Waals surface area contributed by atoms with Crippen molar-refractivity contribution in [1.29, 1.82) is 0 Å². The Labute approximate surface area is 148 Å². The van der Waals surface area contributed by atoms with Crippen molar-refractivity contribution in [3.63, 3.8) is 0 Å². The summed E-state index contributed by atoms with van der Waals surface area (Å²) in [6.45, 7) is 2.19. The van der Waals surface area contributed by atoms with E-state index in [1.807, 2.05) is 30.3 Å². The van der Waals surface area contributed by atoms with Crippen LogP contribution in [0.5, 0.6) is 0 Å². The smallest absolute Gasteiger partial charge is 0.243 e. The first-order chi connectivity index (χ1) is 11.0. The van der Waals surface area contributed by atoms with Gasteiger partial charge in [0.25, 0.3) is 0 Å². The van der Waals surface area contributed by atoms with Gasteiger partial charge in [-0.25, -0.2) is 12.8 Å². The summed E-state index contributed by atoms with van der Waals surface area (Å²) in [5.41, 5.74) is 6.74. The van der Waals surface area contributed by atoms with Crippen LogP contribution in [0.2, 0.25) is 0 Å². The van der Waals surface area contributed by atoms with Crippen molar-refractivity contribution in [3.8, 4) is 0 Å². The van der Waals surface area contributed by atoms with E-state index in [4.69, 9.17) is 5.73 Å². The number of nitrogens with zero attached hydrogens (tertiary/aromatic N) is 1. The molecule has 0 fully saturated rings. The second-order valence-corrected chi connectivity index (χ2v) is 7.20. The molecule has 0 heterocycles. The van der Waals surface area contributed by atoms with Crippen molar-refractivity contribution in [3.05, 3.63) is 65.5 Å². The lowest BCUT2D eigenvalue weighted by Gasteiger charge is -2.22. The summed E-state index contributed by atoms with van der Waals surface area (Å²) >= 11 is 0. The third-order valence-electron chi connectivity index (χ3n) is 3.71. The van der Waals surface area contributed by atoms with Crippen LogP contribution in [-0.2, 0) is 16.4 Å². The Morgan fingerprint density at radius 1 is 1.04 bits per heavy atom. The van der Waals surface area contributed by atoms with E-state index in [1.165, 1.54) is 29.4 Å². The van der Waals surface area contributed by atoms with Crippen LogP contribution in [0.25, 0.3) is 0 Å². The lowest BCUT2D eigenvalue weighted by atomic mass is 10.1. The molecule has 0 aliphatic rings. The number of nitrogens with two attached hydrogens (primary N) is 1. The van der Waals surface area contributed by atoms with Gasteiger partial charge in [0.05, 0.1) is 4.90 Å². The first-order valence-electron chi connectivity index (χ1n) is 7.46. The number of benzene rings is 2. The number of hydrogen-bond acceptors (Lipinski definition) is 3. The van der Waals surface area contributed by atoms with Crippen LogP contribution in [0.3, 0.4) is 0 Å². The normalized spacial score (nSPS) is 11.3. The molecule has 2 aromatic rings. The van der Waals surface area contributed by atoms with E-state index < -0.39 is 15.8 Å². The van der Waals surface area contributed by atoms with Gasteiger partial charge in [0.15, 0.2) is 0 Å². The molecule has 0 spiro atoms. The first-order valence-corrected chi connectivity index (χ1v) is 8.90. The predicted octanol–water partition coefficient (Wildman–Crippen LogP) is 2.75. The summed E-state index contributed by atoms with van der Waals surface area (Å²) in [6.07, 6.45) is 0.578. The maximum Gasteiger partial charge on any atom is 0.243 e. The van der Waals surface area contributed by atoms with Crippen LogP contribution < -0.4 is 5.73 Å². The molecule has 7 heteroatoms. The van der Waals surface area contributed by atoms with E-state index in [0.717, 1.165) is 5.56 Å². The van der Waals surface area contributed by atoms with Crippen molar-refractivity contribution in [2.24, 2.45) is 5.73 Å². The molecule has 0 saturated heterocycles. The lowest BCUT2D eigenvalue weighted by Crippen LogP contribution is -2.37. The molecule has 0 aromatic heterocycles. The summed E-state index contributed by atoms with van der Waals surface area (Å²) in [4.78, 5) is -0.000915. The van der Waals surface area contributed by atoms with Gasteiger partial charge in [0, 0.05) is 25.2 Å². The Kier molecular flexibility index (Phi) is 7.83. The molecule has 0 atom stereocenters. The zero-order valence-corrected chi connectivity index (χ0v) is 15.1. The molecule has 4 nitrogen and oxygen atoms in total. The van der Waals surface area contributed by atoms with Gasteiger partial charge < -0.3 is 5.73 Å². The van der Waals surface area contributed by atoms with Gasteiger partial charge in [-0.05, 0) is 31.0 Å². The van der Waals surface area contributed by atoms with Crippen LogP contribution in [0.1, 0.15) is 11.1 Å². The maximum absolute atomic E-state index is 13.7. The van der Waals surface area contributed by atoms with Gasteiger partial charge >= 0.3 is 0 Å². The van der Waals surface area contributed by atoms with Crippen LogP contribution in [0.4, 0.5) is 4.39 Å². The minimum Gasteiger partial charge on any atom is -0.329 e. The van der Waals surface area contributed by atoms with Crippen LogP contribution in [0, 0.1) is 12.7 Å². The van der Waals surface area contributed by atoms with Gasteiger partial charge in [-0.15, -0.1) is 12.4 Å². The van der Waals surface area contributed by atoms with E-state index in [2.05, 4.69) is 0 Å². The number of sulfonamides is 1. The Bertz CT molecular complexity index is 754. The summed E-state index contributed by atoms with van der Waals surface area (Å²) in [5.74, 6) is -0.526. The second-order valence-electron chi connectivity index (χ2n) is 5.29. The Morgan fingerprint density at radius 3 is 2.33 bits per heavy atom. The molecule has 0 radical (unpaired) electrons. The molecular weight excluding hydrogens is 351 g/mol. The SMILES string of the molecule is Cc1c(F)cccc1S(=O)(=O)N(CCN)CCc1ccccc1.Cl. The summed E-state index contributed by atoms with van der Waals surface area (Å²) in [6, 6.07) is 13.7. The minimum absolute atomic E-state index is 0. The first kappa shape index (κ1) is 20.6. The zero-order chi connectivity index (χ0) is 16.9. The standard InChI is InChI=1S/C17H21FN2O2S.ClH/c1-14-16(18)8-5-9-17(14)23(21,22)20(13-11-19)12-10-15-6-3-2-4-7-15;/h2-9H,10-13,19H2,1H3;1H. The van der Waals surface area contributed by atoms with E-state index in [9.17, 15) is 12.8 Å². The molecule has 132 valence electrons. The molecule has 0 aliphatic heterocycles. The molecule has 24 heavy (non-hydrogen) atoms. The molecular formula is C17H22ClFN2O2S. The largest absolute Gasteiger partial charge is 0.329 e. The summed E-state index contributed by atoms with van der Waals surface area (Å²) < 4.78 is 40.7. The highest BCUT2D eigenvalue weighted by molar-refractivity contribution is 7.89. The third-order valence-corrected chi connectivity index (χ3v) is 5.75.